The molecule has 10 heavy (non-hydrogen) atoms. The number of rotatable bonds is 0. The Labute approximate surface area is 55.4 Å². The summed E-state index contributed by atoms with van der Waals surface area (Å²) >= 11 is 0. The molecule has 1 saturated heterocycles. The average molecular weight is 144 g/mol. The van der Waals surface area contributed by atoms with Crippen molar-refractivity contribution in [3.8, 4) is 0 Å². The van der Waals surface area contributed by atoms with Crippen LogP contribution in [0.5, 0.6) is 0 Å². The molecule has 6 nitrogen and oxygen atoms in total. The van der Waals surface area contributed by atoms with Crippen molar-refractivity contribution in [1.29, 1.82) is 0 Å². The fraction of sp³-hybridized carbons (Fsp3) is 0.250. The number of hydrogen-bond acceptors (Lipinski definition) is 3. The van der Waals surface area contributed by atoms with Gasteiger partial charge in [-0.25, -0.2) is 14.5 Å². The second kappa shape index (κ2) is 1.98. The Bertz CT molecular complexity index is 211. The molecule has 4 amide bonds. The lowest BCUT2D eigenvalue weighted by molar-refractivity contribution is -0.118. The first-order chi connectivity index (χ1) is 4.61. The van der Waals surface area contributed by atoms with Gasteiger partial charge >= 0.3 is 12.1 Å². The molecule has 0 radical (unpaired) electrons. The zero-order valence-electron chi connectivity index (χ0n) is 4.83. The van der Waals surface area contributed by atoms with Crippen LogP contribution in [0.25, 0.3) is 0 Å². The summed E-state index contributed by atoms with van der Waals surface area (Å²) in [6, 6.07) is -0.877. The lowest BCUT2D eigenvalue weighted by atomic mass is 10.6. The lowest BCUT2D eigenvalue weighted by Gasteiger charge is -2.02. The molecule has 1 heterocycles. The molecule has 1 aliphatic heterocycles. The quantitative estimate of drug-likeness (QED) is 0.436. The summed E-state index contributed by atoms with van der Waals surface area (Å²) in [4.78, 5) is 31.2. The molecule has 0 aromatic heterocycles. The van der Waals surface area contributed by atoms with Crippen LogP contribution in [0.4, 0.5) is 9.59 Å². The number of hydrogen-bond donors (Lipinski definition) is 2. The van der Waals surface area contributed by atoms with Crippen LogP contribution in [0.3, 0.4) is 0 Å². The van der Waals surface area contributed by atoms with Crippen LogP contribution in [0, 0.1) is 0 Å². The van der Waals surface area contributed by atoms with Gasteiger partial charge in [0.1, 0.15) is 6.54 Å². The van der Waals surface area contributed by atoms with Gasteiger partial charge in [-0.2, -0.15) is 0 Å². The highest BCUT2D eigenvalue weighted by Crippen LogP contribution is 1.96. The van der Waals surface area contributed by atoms with Crippen LogP contribution in [-0.4, -0.2) is 34.6 Å². The summed E-state index contributed by atoms with van der Waals surface area (Å²) in [5.41, 5.74) is 0. The largest absolute Gasteiger partial charge is 0.465 e. The average Bonchev–Trinajstić information content (AvgIpc) is 2.10. The highest BCUT2D eigenvalue weighted by Gasteiger charge is 2.31. The van der Waals surface area contributed by atoms with Gasteiger partial charge in [0.05, 0.1) is 0 Å². The number of urea groups is 1. The van der Waals surface area contributed by atoms with E-state index in [4.69, 9.17) is 5.11 Å². The second-order valence-corrected chi connectivity index (χ2v) is 1.72. The Hall–Kier alpha value is -1.59. The molecule has 0 saturated carbocycles. The van der Waals surface area contributed by atoms with E-state index in [-0.39, 0.29) is 0 Å². The molecule has 0 aromatic rings. The zero-order chi connectivity index (χ0) is 7.72. The zero-order valence-corrected chi connectivity index (χ0v) is 4.83. The molecule has 0 bridgehead atoms. The lowest BCUT2D eigenvalue weighted by Crippen LogP contribution is -2.32. The fourth-order valence-electron chi connectivity index (χ4n) is 0.596. The summed E-state index contributed by atoms with van der Waals surface area (Å²) < 4.78 is 0. The van der Waals surface area contributed by atoms with E-state index in [0.29, 0.717) is 4.90 Å². The Balaban J connectivity index is 2.72. The molecule has 0 spiro atoms. The summed E-state index contributed by atoms with van der Waals surface area (Å²) in [7, 11) is 0. The van der Waals surface area contributed by atoms with Crippen molar-refractivity contribution < 1.29 is 19.5 Å². The van der Waals surface area contributed by atoms with Crippen molar-refractivity contribution >= 4 is 18.0 Å². The first-order valence-electron chi connectivity index (χ1n) is 2.45. The number of carbonyl (C=O) groups is 3. The van der Waals surface area contributed by atoms with Crippen LogP contribution in [-0.2, 0) is 4.79 Å². The van der Waals surface area contributed by atoms with E-state index in [1.54, 1.807) is 0 Å². The smallest absolute Gasteiger partial charge is 0.416 e. The molecule has 0 aliphatic carbocycles. The van der Waals surface area contributed by atoms with Crippen LogP contribution >= 0.6 is 0 Å². The Kier molecular flexibility index (Phi) is 1.29. The van der Waals surface area contributed by atoms with Gasteiger partial charge in [0, 0.05) is 0 Å². The first kappa shape index (κ1) is 6.53. The van der Waals surface area contributed by atoms with Crippen molar-refractivity contribution in [2.45, 2.75) is 0 Å². The standard InChI is InChI=1S/C4H4N2O4/c7-2-1-6(4(9)10)3(8)5-2/h1H2,(H,9,10)(H,5,7,8). The third-order valence-corrected chi connectivity index (χ3v) is 1.02. The van der Waals surface area contributed by atoms with Gasteiger partial charge in [-0.05, 0) is 0 Å². The Morgan fingerprint density at radius 3 is 2.40 bits per heavy atom. The van der Waals surface area contributed by atoms with E-state index in [2.05, 4.69) is 0 Å². The minimum atomic E-state index is -1.41. The highest BCUT2D eigenvalue weighted by molar-refractivity contribution is 6.08. The summed E-state index contributed by atoms with van der Waals surface area (Å²) in [5, 5.41) is 10.0. The second-order valence-electron chi connectivity index (χ2n) is 1.72. The molecule has 0 unspecified atom stereocenters. The summed E-state index contributed by atoms with van der Waals surface area (Å²) in [6.07, 6.45) is -1.41. The molecule has 54 valence electrons. The van der Waals surface area contributed by atoms with Gasteiger partial charge in [-0.3, -0.25) is 10.1 Å². The maximum absolute atomic E-state index is 10.4. The molecular formula is C4H4N2O4. The number of nitrogens with zero attached hydrogens (tertiary/aromatic N) is 1. The third-order valence-electron chi connectivity index (χ3n) is 1.02. The molecule has 1 aliphatic rings. The van der Waals surface area contributed by atoms with Crippen molar-refractivity contribution in [2.24, 2.45) is 0 Å². The summed E-state index contributed by atoms with van der Waals surface area (Å²) in [6.45, 7) is -0.395. The monoisotopic (exact) mass is 144 g/mol. The molecule has 2 N–H and O–H groups in total. The molecule has 0 aromatic carbocycles. The van der Waals surface area contributed by atoms with Gasteiger partial charge in [0.15, 0.2) is 0 Å². The normalized spacial score (nSPS) is 17.4. The van der Waals surface area contributed by atoms with E-state index < -0.39 is 24.6 Å². The van der Waals surface area contributed by atoms with Crippen LogP contribution in [0.2, 0.25) is 0 Å². The van der Waals surface area contributed by atoms with Crippen LogP contribution in [0.15, 0.2) is 0 Å². The van der Waals surface area contributed by atoms with E-state index in [0.717, 1.165) is 0 Å². The predicted octanol–water partition coefficient (Wildman–Crippen LogP) is -0.784. The highest BCUT2D eigenvalue weighted by atomic mass is 16.4. The number of nitrogens with one attached hydrogen (secondary N) is 1. The van der Waals surface area contributed by atoms with E-state index >= 15 is 0 Å². The van der Waals surface area contributed by atoms with Crippen molar-refractivity contribution in [3.05, 3.63) is 0 Å². The topological polar surface area (TPSA) is 86.7 Å². The SMILES string of the molecule is O=C1CN(C(=O)O)C(=O)N1. The van der Waals surface area contributed by atoms with Crippen molar-refractivity contribution in [2.75, 3.05) is 6.54 Å². The number of carboxylic acid groups (broad SMARTS) is 1. The number of imide groups is 2. The van der Waals surface area contributed by atoms with Crippen molar-refractivity contribution in [1.82, 2.24) is 10.2 Å². The predicted molar refractivity (Wildman–Crippen MR) is 28.3 cm³/mol. The number of carbonyl (C=O) groups excluding carboxylic acids is 2. The molecular weight excluding hydrogens is 140 g/mol. The molecule has 6 heteroatoms. The molecule has 1 fully saturated rings. The summed E-state index contributed by atoms with van der Waals surface area (Å²) in [5.74, 6) is -0.590. The van der Waals surface area contributed by atoms with Crippen molar-refractivity contribution in [3.63, 3.8) is 0 Å². The van der Waals surface area contributed by atoms with Gasteiger partial charge < -0.3 is 5.11 Å². The van der Waals surface area contributed by atoms with Gasteiger partial charge in [0.25, 0.3) is 0 Å². The van der Waals surface area contributed by atoms with E-state index in [1.165, 1.54) is 0 Å². The minimum absolute atomic E-state index is 0.395. The maximum atomic E-state index is 10.4. The van der Waals surface area contributed by atoms with Gasteiger partial charge in [-0.15, -0.1) is 0 Å². The van der Waals surface area contributed by atoms with Gasteiger partial charge in [-0.1, -0.05) is 0 Å². The van der Waals surface area contributed by atoms with Crippen LogP contribution < -0.4 is 5.32 Å². The fourth-order valence-corrected chi connectivity index (χ4v) is 0.596. The minimum Gasteiger partial charge on any atom is -0.465 e. The molecule has 0 atom stereocenters. The van der Waals surface area contributed by atoms with Crippen LogP contribution in [0.1, 0.15) is 0 Å². The van der Waals surface area contributed by atoms with Gasteiger partial charge in [0.2, 0.25) is 5.91 Å². The Morgan fingerprint density at radius 1 is 1.60 bits per heavy atom. The molecule has 1 rings (SSSR count). The first-order valence-corrected chi connectivity index (χ1v) is 2.45. The maximum Gasteiger partial charge on any atom is 0.416 e. The van der Waals surface area contributed by atoms with E-state index in [9.17, 15) is 14.4 Å². The van der Waals surface area contributed by atoms with E-state index in [1.807, 2.05) is 5.32 Å². The Morgan fingerprint density at radius 2 is 2.20 bits per heavy atom. The number of amides is 4. The third kappa shape index (κ3) is 0.903.